The number of aldehydes is 1. The number of hydrogen-bond acceptors (Lipinski definition) is 2. The van der Waals surface area contributed by atoms with E-state index < -0.39 is 5.41 Å². The number of carbonyl (C=O) groups excluding carboxylic acids is 2. The summed E-state index contributed by atoms with van der Waals surface area (Å²) < 4.78 is 0. The number of hydrogen-bond donors (Lipinski definition) is 0. The number of unbranched alkanes of at least 4 members (excludes halogenated alkanes) is 1. The van der Waals surface area contributed by atoms with E-state index in [-0.39, 0.29) is 5.78 Å². The van der Waals surface area contributed by atoms with E-state index in [0.717, 1.165) is 19.1 Å². The predicted molar refractivity (Wildman–Crippen MR) is 58.1 cm³/mol. The highest BCUT2D eigenvalue weighted by Crippen LogP contribution is 2.25. The van der Waals surface area contributed by atoms with Crippen LogP contribution in [0.15, 0.2) is 12.2 Å². The van der Waals surface area contributed by atoms with Gasteiger partial charge in [-0.05, 0) is 25.3 Å². The van der Waals surface area contributed by atoms with Gasteiger partial charge in [-0.1, -0.05) is 33.3 Å². The van der Waals surface area contributed by atoms with Crippen LogP contribution in [0.3, 0.4) is 0 Å². The maximum absolute atomic E-state index is 11.7. The fraction of sp³-hybridized carbons (Fsp3) is 0.667. The van der Waals surface area contributed by atoms with E-state index in [9.17, 15) is 9.59 Å². The summed E-state index contributed by atoms with van der Waals surface area (Å²) in [7, 11) is 0. The SMILES string of the molecule is CCCC=CC(=O)C(C=O)(CC)CC. The van der Waals surface area contributed by atoms with Gasteiger partial charge in [0.1, 0.15) is 6.29 Å². The molecule has 0 aromatic rings. The number of ketones is 1. The first kappa shape index (κ1) is 13.1. The summed E-state index contributed by atoms with van der Waals surface area (Å²) in [6, 6.07) is 0. The Balaban J connectivity index is 4.52. The lowest BCUT2D eigenvalue weighted by Crippen LogP contribution is -2.30. The third kappa shape index (κ3) is 3.09. The lowest BCUT2D eigenvalue weighted by molar-refractivity contribution is -0.131. The second-order valence-corrected chi connectivity index (χ2v) is 3.54. The lowest BCUT2D eigenvalue weighted by Gasteiger charge is -2.20. The smallest absolute Gasteiger partial charge is 0.168 e. The van der Waals surface area contributed by atoms with Crippen molar-refractivity contribution in [1.82, 2.24) is 0 Å². The summed E-state index contributed by atoms with van der Waals surface area (Å²) in [5.41, 5.74) is -0.774. The molecule has 0 aromatic heterocycles. The zero-order valence-corrected chi connectivity index (χ0v) is 9.38. The molecule has 0 aromatic carbocycles. The van der Waals surface area contributed by atoms with Crippen molar-refractivity contribution in [3.05, 3.63) is 12.2 Å². The van der Waals surface area contributed by atoms with Gasteiger partial charge in [-0.15, -0.1) is 0 Å². The highest BCUT2D eigenvalue weighted by atomic mass is 16.1. The fourth-order valence-electron chi connectivity index (χ4n) is 1.35. The minimum Gasteiger partial charge on any atom is -0.302 e. The molecule has 0 heterocycles. The quantitative estimate of drug-likeness (QED) is 0.356. The van der Waals surface area contributed by atoms with E-state index in [1.807, 2.05) is 19.9 Å². The van der Waals surface area contributed by atoms with Gasteiger partial charge in [0.15, 0.2) is 5.78 Å². The summed E-state index contributed by atoms with van der Waals surface area (Å²) in [4.78, 5) is 22.6. The summed E-state index contributed by atoms with van der Waals surface area (Å²) in [5, 5.41) is 0. The van der Waals surface area contributed by atoms with Crippen LogP contribution in [-0.4, -0.2) is 12.1 Å². The van der Waals surface area contributed by atoms with Gasteiger partial charge in [0.25, 0.3) is 0 Å². The third-order valence-electron chi connectivity index (χ3n) is 2.70. The Morgan fingerprint density at radius 1 is 1.21 bits per heavy atom. The largest absolute Gasteiger partial charge is 0.302 e. The van der Waals surface area contributed by atoms with E-state index in [4.69, 9.17) is 0 Å². The number of carbonyl (C=O) groups is 2. The van der Waals surface area contributed by atoms with Gasteiger partial charge in [-0.3, -0.25) is 4.79 Å². The van der Waals surface area contributed by atoms with Crippen LogP contribution in [0.1, 0.15) is 46.5 Å². The van der Waals surface area contributed by atoms with E-state index in [1.165, 1.54) is 0 Å². The van der Waals surface area contributed by atoms with Crippen molar-refractivity contribution in [3.8, 4) is 0 Å². The Hall–Kier alpha value is -0.920. The highest BCUT2D eigenvalue weighted by molar-refractivity contribution is 6.04. The first-order valence-electron chi connectivity index (χ1n) is 5.34. The summed E-state index contributed by atoms with van der Waals surface area (Å²) in [6.45, 7) is 5.81. The van der Waals surface area contributed by atoms with E-state index in [0.29, 0.717) is 12.8 Å². The van der Waals surface area contributed by atoms with Crippen LogP contribution in [0.2, 0.25) is 0 Å². The standard InChI is InChI=1S/C12H20O2/c1-4-7-8-9-11(14)12(5-2,6-3)10-13/h8-10H,4-7H2,1-3H3. The molecule has 2 heteroatoms. The molecular formula is C12H20O2. The van der Waals surface area contributed by atoms with Gasteiger partial charge in [-0.2, -0.15) is 0 Å². The summed E-state index contributed by atoms with van der Waals surface area (Å²) in [6.07, 6.45) is 7.30. The van der Waals surface area contributed by atoms with Crippen LogP contribution in [0.5, 0.6) is 0 Å². The second kappa shape index (κ2) is 6.52. The Morgan fingerprint density at radius 3 is 2.14 bits per heavy atom. The van der Waals surface area contributed by atoms with Crippen molar-refractivity contribution in [1.29, 1.82) is 0 Å². The second-order valence-electron chi connectivity index (χ2n) is 3.54. The predicted octanol–water partition coefficient (Wildman–Crippen LogP) is 2.92. The van der Waals surface area contributed by atoms with Crippen molar-refractivity contribution in [2.45, 2.75) is 46.5 Å². The molecule has 0 aliphatic rings. The molecule has 80 valence electrons. The van der Waals surface area contributed by atoms with Crippen LogP contribution in [-0.2, 0) is 9.59 Å². The molecule has 0 saturated carbocycles. The monoisotopic (exact) mass is 196 g/mol. The first-order valence-corrected chi connectivity index (χ1v) is 5.34. The zero-order valence-electron chi connectivity index (χ0n) is 9.38. The zero-order chi connectivity index (χ0) is 11.0. The van der Waals surface area contributed by atoms with E-state index >= 15 is 0 Å². The Kier molecular flexibility index (Phi) is 6.09. The maximum Gasteiger partial charge on any atom is 0.168 e. The summed E-state index contributed by atoms with van der Waals surface area (Å²) in [5.74, 6) is -0.0500. The van der Waals surface area contributed by atoms with Crippen LogP contribution < -0.4 is 0 Å². The van der Waals surface area contributed by atoms with Crippen molar-refractivity contribution in [3.63, 3.8) is 0 Å². The van der Waals surface area contributed by atoms with Crippen LogP contribution >= 0.6 is 0 Å². The molecule has 0 rings (SSSR count). The van der Waals surface area contributed by atoms with Crippen molar-refractivity contribution >= 4 is 12.1 Å². The number of allylic oxidation sites excluding steroid dienone is 2. The van der Waals surface area contributed by atoms with E-state index in [1.54, 1.807) is 6.08 Å². The highest BCUT2D eigenvalue weighted by Gasteiger charge is 2.32. The molecule has 0 amide bonds. The Bertz CT molecular complexity index is 212. The molecule has 14 heavy (non-hydrogen) atoms. The molecular weight excluding hydrogens is 176 g/mol. The van der Waals surface area contributed by atoms with Gasteiger partial charge in [0.05, 0.1) is 5.41 Å². The van der Waals surface area contributed by atoms with Gasteiger partial charge in [0, 0.05) is 0 Å². The molecule has 0 aliphatic carbocycles. The average molecular weight is 196 g/mol. The van der Waals surface area contributed by atoms with Crippen molar-refractivity contribution in [2.24, 2.45) is 5.41 Å². The normalized spacial score (nSPS) is 11.9. The molecule has 0 aliphatic heterocycles. The molecule has 0 bridgehead atoms. The molecule has 0 N–H and O–H groups in total. The number of rotatable bonds is 7. The molecule has 0 unspecified atom stereocenters. The molecule has 0 radical (unpaired) electrons. The van der Waals surface area contributed by atoms with Gasteiger partial charge in [0.2, 0.25) is 0 Å². The maximum atomic E-state index is 11.7. The Morgan fingerprint density at radius 2 is 1.79 bits per heavy atom. The van der Waals surface area contributed by atoms with Crippen LogP contribution in [0.4, 0.5) is 0 Å². The van der Waals surface area contributed by atoms with E-state index in [2.05, 4.69) is 6.92 Å². The molecule has 0 spiro atoms. The van der Waals surface area contributed by atoms with Gasteiger partial charge in [-0.25, -0.2) is 0 Å². The average Bonchev–Trinajstić information content (AvgIpc) is 2.22. The topological polar surface area (TPSA) is 34.1 Å². The molecule has 0 saturated heterocycles. The lowest BCUT2D eigenvalue weighted by atomic mass is 9.79. The van der Waals surface area contributed by atoms with Crippen molar-refractivity contribution < 1.29 is 9.59 Å². The molecule has 0 fully saturated rings. The van der Waals surface area contributed by atoms with Gasteiger partial charge < -0.3 is 4.79 Å². The van der Waals surface area contributed by atoms with Crippen LogP contribution in [0, 0.1) is 5.41 Å². The fourth-order valence-corrected chi connectivity index (χ4v) is 1.35. The third-order valence-corrected chi connectivity index (χ3v) is 2.70. The Labute approximate surface area is 86.4 Å². The molecule has 2 nitrogen and oxygen atoms in total. The van der Waals surface area contributed by atoms with Gasteiger partial charge >= 0.3 is 0 Å². The van der Waals surface area contributed by atoms with Crippen molar-refractivity contribution in [2.75, 3.05) is 0 Å². The minimum absolute atomic E-state index is 0.0500. The first-order chi connectivity index (χ1) is 6.66. The van der Waals surface area contributed by atoms with Crippen LogP contribution in [0.25, 0.3) is 0 Å². The summed E-state index contributed by atoms with van der Waals surface area (Å²) >= 11 is 0. The minimum atomic E-state index is -0.774. The molecule has 0 atom stereocenters.